The summed E-state index contributed by atoms with van der Waals surface area (Å²) in [5.41, 5.74) is 0. The summed E-state index contributed by atoms with van der Waals surface area (Å²) < 4.78 is 69.9. The minimum Gasteiger partial charge on any atom is -0.463 e. The first-order chi connectivity index (χ1) is 24.7. The molecule has 18 nitrogen and oxygen atoms in total. The molecule has 0 bridgehead atoms. The molecule has 4 fully saturated rings. The predicted octanol–water partition coefficient (Wildman–Crippen LogP) is 0.0578. The molecule has 0 saturated carbocycles. The van der Waals surface area contributed by atoms with Crippen LogP contribution in [0.5, 0.6) is 0 Å². The normalized spacial score (nSPS) is 46.9. The van der Waals surface area contributed by atoms with Crippen molar-refractivity contribution in [3.8, 4) is 0 Å². The van der Waals surface area contributed by atoms with Gasteiger partial charge in [-0.05, 0) is 5.92 Å². The highest BCUT2D eigenvalue weighted by molar-refractivity contribution is 5.65. The number of methoxy groups -OCH3 is 2. The average Bonchev–Trinajstić information content (AvgIpc) is 3.12. The quantitative estimate of drug-likeness (QED) is 0.114. The number of esters is 1. The van der Waals surface area contributed by atoms with E-state index < -0.39 is 117 Å². The Bertz CT molecular complexity index is 1140. The molecule has 0 aromatic heterocycles. The number of aliphatic hydroxyl groups is 3. The van der Waals surface area contributed by atoms with Crippen LogP contribution >= 0.6 is 0 Å². The van der Waals surface area contributed by atoms with E-state index in [1.807, 2.05) is 20.8 Å². The van der Waals surface area contributed by atoms with Crippen LogP contribution in [0.3, 0.4) is 0 Å². The van der Waals surface area contributed by atoms with Crippen LogP contribution in [0.15, 0.2) is 0 Å². The van der Waals surface area contributed by atoms with Gasteiger partial charge in [0.05, 0.1) is 24.9 Å². The van der Waals surface area contributed by atoms with Crippen LogP contribution in [0.25, 0.3) is 0 Å². The van der Waals surface area contributed by atoms with Crippen molar-refractivity contribution < 1.29 is 86.5 Å². The third kappa shape index (κ3) is 9.23. The van der Waals surface area contributed by atoms with Crippen molar-refractivity contribution in [3.63, 3.8) is 0 Å². The fourth-order valence-corrected chi connectivity index (χ4v) is 7.37. The molecule has 4 saturated heterocycles. The molecule has 0 amide bonds. The first kappa shape index (κ1) is 42.7. The molecule has 0 aliphatic carbocycles. The standard InChI is InChI=1S/C34H56O18/c1-14-15(2)29(44-12-36)51-30(16(14)3)49-26-18(5)24(40)33(47-22(26)11-43-20(7)38)50-28-27(41-8)19(6)31(52-34(28)45-13-37)48-25-17(4)23(39)32(42-9)46-21(25)10-35/h12-19,21-35,39-40H,10-11H2,1-9H3/t14-,15-,16?,17+,18?,19?,21?,22-,23?,24?,25-,26-,27?,28-,29?,30+,31-,32-,33+,34+/m0/s1. The second-order valence-electron chi connectivity index (χ2n) is 14.2. The minimum atomic E-state index is -1.44. The van der Waals surface area contributed by atoms with Crippen LogP contribution < -0.4 is 0 Å². The zero-order chi connectivity index (χ0) is 38.4. The second-order valence-corrected chi connectivity index (χ2v) is 14.2. The van der Waals surface area contributed by atoms with Crippen LogP contribution in [-0.4, -0.2) is 148 Å². The van der Waals surface area contributed by atoms with Gasteiger partial charge in [-0.2, -0.15) is 0 Å². The molecule has 4 aliphatic rings. The van der Waals surface area contributed by atoms with Crippen LogP contribution in [0, 0.1) is 35.5 Å². The van der Waals surface area contributed by atoms with E-state index in [1.54, 1.807) is 20.8 Å². The Morgan fingerprint density at radius 3 is 1.63 bits per heavy atom. The largest absolute Gasteiger partial charge is 0.463 e. The SMILES string of the molecule is COC1C(C)[C@@H](O[C@@H]2C(CO)O[C@H](OC)C(O)[C@H]2C)O[C@@H](OC=O)[C@H]1O[C@H]1O[C@@H](COC(C)=O)[C@@H](O[C@@H]2OC(OC=O)[C@@H](C)[C@H](C)C2C)C(C)C1O. The number of ether oxygens (including phenoxy) is 12. The van der Waals surface area contributed by atoms with E-state index in [-0.39, 0.29) is 30.8 Å². The summed E-state index contributed by atoms with van der Waals surface area (Å²) in [7, 11) is 2.79. The highest BCUT2D eigenvalue weighted by Gasteiger charge is 2.54. The molecule has 52 heavy (non-hydrogen) atoms. The molecule has 0 aromatic rings. The van der Waals surface area contributed by atoms with E-state index in [0.717, 1.165) is 0 Å². The molecule has 20 atom stereocenters. The van der Waals surface area contributed by atoms with Crippen molar-refractivity contribution >= 4 is 18.9 Å². The van der Waals surface area contributed by atoms with Gasteiger partial charge in [-0.25, -0.2) is 0 Å². The maximum atomic E-state index is 11.9. The van der Waals surface area contributed by atoms with Crippen molar-refractivity contribution in [1.82, 2.24) is 0 Å². The van der Waals surface area contributed by atoms with E-state index in [2.05, 4.69) is 0 Å². The Labute approximate surface area is 303 Å². The zero-order valence-electron chi connectivity index (χ0n) is 31.1. The molecule has 3 N–H and O–H groups in total. The van der Waals surface area contributed by atoms with E-state index in [9.17, 15) is 29.7 Å². The highest BCUT2D eigenvalue weighted by atomic mass is 16.8. The summed E-state index contributed by atoms with van der Waals surface area (Å²) in [4.78, 5) is 34.8. The first-order valence-corrected chi connectivity index (χ1v) is 17.6. The molecule has 300 valence electrons. The number of aliphatic hydroxyl groups excluding tert-OH is 3. The lowest BCUT2D eigenvalue weighted by atomic mass is 9.81. The summed E-state index contributed by atoms with van der Waals surface area (Å²) in [6, 6.07) is 0. The van der Waals surface area contributed by atoms with Gasteiger partial charge in [0.25, 0.3) is 12.9 Å². The van der Waals surface area contributed by atoms with Crippen molar-refractivity contribution in [2.24, 2.45) is 35.5 Å². The molecule has 4 rings (SSSR count). The van der Waals surface area contributed by atoms with E-state index in [0.29, 0.717) is 6.47 Å². The van der Waals surface area contributed by atoms with E-state index >= 15 is 0 Å². The number of carbonyl (C=O) groups is 3. The molecular weight excluding hydrogens is 696 g/mol. The topological polar surface area (TPSA) is 223 Å². The van der Waals surface area contributed by atoms with Crippen LogP contribution in [-0.2, 0) is 71.2 Å². The van der Waals surface area contributed by atoms with Crippen molar-refractivity contribution in [2.75, 3.05) is 27.4 Å². The predicted molar refractivity (Wildman–Crippen MR) is 172 cm³/mol. The van der Waals surface area contributed by atoms with Crippen molar-refractivity contribution in [2.45, 2.75) is 135 Å². The van der Waals surface area contributed by atoms with Crippen LogP contribution in [0.2, 0.25) is 0 Å². The lowest BCUT2D eigenvalue weighted by molar-refractivity contribution is -0.395. The summed E-state index contributed by atoms with van der Waals surface area (Å²) in [5, 5.41) is 32.4. The molecule has 0 radical (unpaired) electrons. The number of hydrogen-bond acceptors (Lipinski definition) is 18. The first-order valence-electron chi connectivity index (χ1n) is 17.6. The zero-order valence-corrected chi connectivity index (χ0v) is 31.1. The van der Waals surface area contributed by atoms with Crippen LogP contribution in [0.4, 0.5) is 0 Å². The lowest BCUT2D eigenvalue weighted by Gasteiger charge is -2.50. The van der Waals surface area contributed by atoms with Gasteiger partial charge in [0.2, 0.25) is 12.6 Å². The Morgan fingerprint density at radius 2 is 1.08 bits per heavy atom. The molecular formula is C34H56O18. The maximum Gasteiger partial charge on any atom is 0.302 e. The highest BCUT2D eigenvalue weighted by Crippen LogP contribution is 2.41. The van der Waals surface area contributed by atoms with Gasteiger partial charge in [-0.15, -0.1) is 0 Å². The van der Waals surface area contributed by atoms with E-state index in [4.69, 9.17) is 56.8 Å². The summed E-state index contributed by atoms with van der Waals surface area (Å²) in [6.45, 7) is 12.0. The molecule has 0 aromatic carbocycles. The Balaban J connectivity index is 1.54. The Morgan fingerprint density at radius 1 is 0.577 bits per heavy atom. The second kappa shape index (κ2) is 19.0. The van der Waals surface area contributed by atoms with Gasteiger partial charge in [0.1, 0.15) is 37.1 Å². The van der Waals surface area contributed by atoms with Crippen LogP contribution in [0.1, 0.15) is 48.5 Å². The molecule has 0 spiro atoms. The minimum absolute atomic E-state index is 0.0222. The molecule has 4 heterocycles. The van der Waals surface area contributed by atoms with E-state index in [1.165, 1.54) is 21.1 Å². The molecule has 4 aliphatic heterocycles. The van der Waals surface area contributed by atoms with Gasteiger partial charge in [0, 0.05) is 50.7 Å². The maximum absolute atomic E-state index is 11.9. The summed E-state index contributed by atoms with van der Waals surface area (Å²) in [6.07, 6.45) is -14.7. The summed E-state index contributed by atoms with van der Waals surface area (Å²) >= 11 is 0. The monoisotopic (exact) mass is 752 g/mol. The lowest BCUT2D eigenvalue weighted by Crippen LogP contribution is -2.63. The Kier molecular flexibility index (Phi) is 15.6. The van der Waals surface area contributed by atoms with Crippen molar-refractivity contribution in [1.29, 1.82) is 0 Å². The molecule has 18 heteroatoms. The Hall–Kier alpha value is -2.07. The van der Waals surface area contributed by atoms with Gasteiger partial charge < -0.3 is 72.2 Å². The number of carbonyl (C=O) groups excluding carboxylic acids is 3. The molecule has 8 unspecified atom stereocenters. The van der Waals surface area contributed by atoms with Gasteiger partial charge >= 0.3 is 5.97 Å². The van der Waals surface area contributed by atoms with Gasteiger partial charge in [-0.1, -0.05) is 41.5 Å². The number of hydrogen-bond donors (Lipinski definition) is 3. The fourth-order valence-electron chi connectivity index (χ4n) is 7.37. The smallest absolute Gasteiger partial charge is 0.302 e. The van der Waals surface area contributed by atoms with Gasteiger partial charge in [-0.3, -0.25) is 14.4 Å². The third-order valence-electron chi connectivity index (χ3n) is 11.0. The third-order valence-corrected chi connectivity index (χ3v) is 11.0. The fraction of sp³-hybridized carbons (Fsp3) is 0.912. The number of rotatable bonds is 15. The van der Waals surface area contributed by atoms with Gasteiger partial charge in [0.15, 0.2) is 25.2 Å². The summed E-state index contributed by atoms with van der Waals surface area (Å²) in [5.74, 6) is -2.72. The average molecular weight is 753 g/mol. The van der Waals surface area contributed by atoms with Crippen molar-refractivity contribution in [3.05, 3.63) is 0 Å².